The van der Waals surface area contributed by atoms with Gasteiger partial charge in [0, 0.05) is 34.1 Å². The molecular formula is C32H26N2O5. The Hall–Kier alpha value is -4.91. The SMILES string of the molecule is COc1ccc(OC)c(-c2[nH]c3ccccc3c2[C@H]2c3ccccc3C(=O)N2Cc2ccc3c(c2)OCO3)c1. The van der Waals surface area contributed by atoms with E-state index in [0.717, 1.165) is 50.3 Å². The first kappa shape index (κ1) is 23.2. The van der Waals surface area contributed by atoms with Crippen molar-refractivity contribution in [2.24, 2.45) is 0 Å². The van der Waals surface area contributed by atoms with Crippen LogP contribution in [0.3, 0.4) is 0 Å². The van der Waals surface area contributed by atoms with E-state index in [0.29, 0.717) is 23.6 Å². The molecule has 3 heterocycles. The van der Waals surface area contributed by atoms with Crippen molar-refractivity contribution in [1.82, 2.24) is 9.88 Å². The molecule has 1 atom stereocenters. The summed E-state index contributed by atoms with van der Waals surface area (Å²) in [6.07, 6.45) is 0. The van der Waals surface area contributed by atoms with Gasteiger partial charge in [-0.3, -0.25) is 4.79 Å². The molecule has 7 nitrogen and oxygen atoms in total. The molecule has 7 heteroatoms. The van der Waals surface area contributed by atoms with Gasteiger partial charge in [0.15, 0.2) is 11.5 Å². The Bertz CT molecular complexity index is 1740. The number of rotatable bonds is 6. The number of fused-ring (bicyclic) bond motifs is 3. The predicted octanol–water partition coefficient (Wildman–Crippen LogP) is 6.33. The van der Waals surface area contributed by atoms with Gasteiger partial charge >= 0.3 is 0 Å². The fourth-order valence-corrected chi connectivity index (χ4v) is 5.75. The summed E-state index contributed by atoms with van der Waals surface area (Å²) in [5.41, 5.74) is 6.38. The van der Waals surface area contributed by atoms with E-state index in [1.54, 1.807) is 14.2 Å². The van der Waals surface area contributed by atoms with Gasteiger partial charge in [-0.1, -0.05) is 42.5 Å². The normalized spacial score (nSPS) is 15.6. The predicted molar refractivity (Wildman–Crippen MR) is 148 cm³/mol. The summed E-state index contributed by atoms with van der Waals surface area (Å²) in [7, 11) is 3.31. The van der Waals surface area contributed by atoms with Crippen molar-refractivity contribution in [2.45, 2.75) is 12.6 Å². The number of hydrogen-bond donors (Lipinski definition) is 1. The van der Waals surface area contributed by atoms with Gasteiger partial charge in [-0.05, 0) is 53.6 Å². The molecular weight excluding hydrogens is 492 g/mol. The molecule has 194 valence electrons. The van der Waals surface area contributed by atoms with Crippen LogP contribution in [0.2, 0.25) is 0 Å². The van der Waals surface area contributed by atoms with Crippen molar-refractivity contribution < 1.29 is 23.7 Å². The molecule has 0 saturated carbocycles. The summed E-state index contributed by atoms with van der Waals surface area (Å²) in [6, 6.07) is 27.3. The number of carbonyl (C=O) groups is 1. The number of H-pyrrole nitrogens is 1. The fraction of sp³-hybridized carbons (Fsp3) is 0.156. The zero-order valence-electron chi connectivity index (χ0n) is 21.6. The lowest BCUT2D eigenvalue weighted by molar-refractivity contribution is 0.0737. The number of benzene rings is 4. The molecule has 1 N–H and O–H groups in total. The fourth-order valence-electron chi connectivity index (χ4n) is 5.75. The van der Waals surface area contributed by atoms with E-state index in [2.05, 4.69) is 17.1 Å². The van der Waals surface area contributed by atoms with Crippen LogP contribution in [0.5, 0.6) is 23.0 Å². The molecule has 4 aromatic carbocycles. The van der Waals surface area contributed by atoms with E-state index in [-0.39, 0.29) is 18.7 Å². The molecule has 0 fully saturated rings. The van der Waals surface area contributed by atoms with Crippen molar-refractivity contribution in [3.8, 4) is 34.3 Å². The minimum atomic E-state index is -0.332. The quantitative estimate of drug-likeness (QED) is 0.285. The molecule has 0 saturated heterocycles. The van der Waals surface area contributed by atoms with Crippen LogP contribution >= 0.6 is 0 Å². The number of nitrogens with zero attached hydrogens (tertiary/aromatic N) is 1. The lowest BCUT2D eigenvalue weighted by atomic mass is 9.92. The van der Waals surface area contributed by atoms with Gasteiger partial charge in [0.25, 0.3) is 5.91 Å². The number of carbonyl (C=O) groups excluding carboxylic acids is 1. The average Bonchev–Trinajstić information content (AvgIpc) is 3.67. The molecule has 1 amide bonds. The number of hydrogen-bond acceptors (Lipinski definition) is 5. The molecule has 2 aliphatic rings. The Morgan fingerprint density at radius 1 is 0.872 bits per heavy atom. The smallest absolute Gasteiger partial charge is 0.255 e. The third-order valence-corrected chi connectivity index (χ3v) is 7.54. The van der Waals surface area contributed by atoms with Gasteiger partial charge in [-0.25, -0.2) is 0 Å². The Kier molecular flexibility index (Phi) is 5.44. The highest BCUT2D eigenvalue weighted by molar-refractivity contribution is 6.02. The molecule has 39 heavy (non-hydrogen) atoms. The van der Waals surface area contributed by atoms with Gasteiger partial charge < -0.3 is 28.8 Å². The lowest BCUT2D eigenvalue weighted by Gasteiger charge is -2.27. The highest BCUT2D eigenvalue weighted by Crippen LogP contribution is 2.48. The second kappa shape index (κ2) is 9.13. The molecule has 0 spiro atoms. The maximum atomic E-state index is 14.0. The summed E-state index contributed by atoms with van der Waals surface area (Å²) >= 11 is 0. The van der Waals surface area contributed by atoms with Gasteiger partial charge in [0.2, 0.25) is 6.79 Å². The maximum Gasteiger partial charge on any atom is 0.255 e. The summed E-state index contributed by atoms with van der Waals surface area (Å²) < 4.78 is 22.5. The molecule has 0 aliphatic carbocycles. The van der Waals surface area contributed by atoms with E-state index < -0.39 is 0 Å². The number of amides is 1. The Morgan fingerprint density at radius 2 is 1.69 bits per heavy atom. The number of methoxy groups -OCH3 is 2. The highest BCUT2D eigenvalue weighted by Gasteiger charge is 2.40. The van der Waals surface area contributed by atoms with Gasteiger partial charge in [0.05, 0.1) is 26.0 Å². The molecule has 5 aromatic rings. The van der Waals surface area contributed by atoms with Gasteiger partial charge in [-0.2, -0.15) is 0 Å². The van der Waals surface area contributed by atoms with Crippen LogP contribution in [0.25, 0.3) is 22.2 Å². The Balaban J connectivity index is 1.45. The van der Waals surface area contributed by atoms with E-state index >= 15 is 0 Å². The number of aromatic amines is 1. The zero-order valence-corrected chi connectivity index (χ0v) is 21.6. The molecule has 2 aliphatic heterocycles. The van der Waals surface area contributed by atoms with E-state index in [9.17, 15) is 4.79 Å². The van der Waals surface area contributed by atoms with Crippen LogP contribution < -0.4 is 18.9 Å². The first-order valence-electron chi connectivity index (χ1n) is 12.8. The largest absolute Gasteiger partial charge is 0.497 e. The van der Waals surface area contributed by atoms with E-state index in [1.165, 1.54) is 0 Å². The first-order valence-corrected chi connectivity index (χ1v) is 12.8. The molecule has 7 rings (SSSR count). The summed E-state index contributed by atoms with van der Waals surface area (Å²) in [6.45, 7) is 0.611. The number of para-hydroxylation sites is 1. The number of aromatic nitrogens is 1. The van der Waals surface area contributed by atoms with Crippen LogP contribution in [-0.4, -0.2) is 36.8 Å². The first-order chi connectivity index (χ1) is 19.2. The van der Waals surface area contributed by atoms with Crippen molar-refractivity contribution in [2.75, 3.05) is 21.0 Å². The molecule has 0 unspecified atom stereocenters. The molecule has 1 aromatic heterocycles. The van der Waals surface area contributed by atoms with E-state index in [1.807, 2.05) is 77.7 Å². The van der Waals surface area contributed by atoms with Crippen LogP contribution in [0, 0.1) is 0 Å². The van der Waals surface area contributed by atoms with Crippen molar-refractivity contribution >= 4 is 16.8 Å². The zero-order chi connectivity index (χ0) is 26.5. The minimum absolute atomic E-state index is 0.0119. The lowest BCUT2D eigenvalue weighted by Crippen LogP contribution is -2.28. The van der Waals surface area contributed by atoms with Gasteiger partial charge in [-0.15, -0.1) is 0 Å². The summed E-state index contributed by atoms with van der Waals surface area (Å²) in [4.78, 5) is 19.5. The van der Waals surface area contributed by atoms with Crippen molar-refractivity contribution in [3.63, 3.8) is 0 Å². The highest BCUT2D eigenvalue weighted by atomic mass is 16.7. The molecule has 0 bridgehead atoms. The van der Waals surface area contributed by atoms with Crippen molar-refractivity contribution in [3.05, 3.63) is 107 Å². The van der Waals surface area contributed by atoms with Crippen LogP contribution in [0.1, 0.15) is 33.1 Å². The van der Waals surface area contributed by atoms with Crippen LogP contribution in [0.4, 0.5) is 0 Å². The monoisotopic (exact) mass is 518 g/mol. The van der Waals surface area contributed by atoms with Crippen molar-refractivity contribution in [1.29, 1.82) is 0 Å². The third-order valence-electron chi connectivity index (χ3n) is 7.54. The van der Waals surface area contributed by atoms with Crippen LogP contribution in [0.15, 0.2) is 84.9 Å². The Morgan fingerprint density at radius 3 is 2.56 bits per heavy atom. The third kappa shape index (κ3) is 3.69. The van der Waals surface area contributed by atoms with Gasteiger partial charge in [0.1, 0.15) is 11.5 Å². The Labute approximate surface area is 225 Å². The second-order valence-corrected chi connectivity index (χ2v) is 9.64. The summed E-state index contributed by atoms with van der Waals surface area (Å²) in [5.74, 6) is 2.83. The second-order valence-electron chi connectivity index (χ2n) is 9.64. The maximum absolute atomic E-state index is 14.0. The standard InChI is InChI=1S/C32H26N2O5/c1-36-20-12-14-26(37-2)24(16-20)30-29(23-9-5-6-10-25(23)33-30)31-21-7-3-4-8-22(21)32(35)34(31)17-19-11-13-27-28(15-19)39-18-38-27/h3-16,31,33H,17-18H2,1-2H3/t31-/m1/s1. The number of nitrogens with one attached hydrogen (secondary N) is 1. The number of ether oxygens (including phenoxy) is 4. The minimum Gasteiger partial charge on any atom is -0.497 e. The topological polar surface area (TPSA) is 73.0 Å². The summed E-state index contributed by atoms with van der Waals surface area (Å²) in [5, 5.41) is 1.04. The average molecular weight is 519 g/mol. The van der Waals surface area contributed by atoms with Crippen LogP contribution in [-0.2, 0) is 6.54 Å². The van der Waals surface area contributed by atoms with E-state index in [4.69, 9.17) is 18.9 Å². The molecule has 0 radical (unpaired) electrons.